The second-order valence-electron chi connectivity index (χ2n) is 3.62. The number of rotatable bonds is 2. The summed E-state index contributed by atoms with van der Waals surface area (Å²) in [6.07, 6.45) is 0. The van der Waals surface area contributed by atoms with E-state index in [2.05, 4.69) is 26.1 Å². The summed E-state index contributed by atoms with van der Waals surface area (Å²) in [5, 5.41) is 8.58. The maximum absolute atomic E-state index is 13.7. The molecular weight excluding hydrogens is 273 g/mol. The van der Waals surface area contributed by atoms with Crippen LogP contribution < -0.4 is 0 Å². The minimum Gasteiger partial charge on any atom is -0.313 e. The fourth-order valence-electron chi connectivity index (χ4n) is 1.52. The highest BCUT2D eigenvalue weighted by Crippen LogP contribution is 2.22. The molecule has 5 heteroatoms. The minimum absolute atomic E-state index is 0.276. The number of aryl methyl sites for hydroxylation is 1. The van der Waals surface area contributed by atoms with Gasteiger partial charge < -0.3 is 4.57 Å². The molecule has 0 unspecified atom stereocenters. The zero-order chi connectivity index (χ0) is 11.7. The highest BCUT2D eigenvalue weighted by Gasteiger charge is 2.13. The summed E-state index contributed by atoms with van der Waals surface area (Å²) in [5.41, 5.74) is 1.49. The molecule has 0 atom stereocenters. The van der Waals surface area contributed by atoms with Crippen molar-refractivity contribution in [2.75, 3.05) is 0 Å². The van der Waals surface area contributed by atoms with Crippen LogP contribution in [0.1, 0.15) is 11.4 Å². The van der Waals surface area contributed by atoms with E-state index in [1.54, 1.807) is 16.7 Å². The molecule has 0 fully saturated rings. The third-order valence-electron chi connectivity index (χ3n) is 2.45. The summed E-state index contributed by atoms with van der Waals surface area (Å²) >= 11 is 3.31. The smallest absolute Gasteiger partial charge is 0.166 e. The van der Waals surface area contributed by atoms with Crippen LogP contribution in [-0.4, -0.2) is 14.8 Å². The standard InChI is InChI=1S/C11H11BrFN3/c1-7-3-4-9(13)8(5-7)11-15-14-10(6-12)16(11)2/h3-5H,6H2,1-2H3. The number of halogens is 2. The largest absolute Gasteiger partial charge is 0.313 e. The third-order valence-corrected chi connectivity index (χ3v) is 2.95. The molecule has 1 aromatic carbocycles. The van der Waals surface area contributed by atoms with Crippen LogP contribution in [0.3, 0.4) is 0 Å². The maximum atomic E-state index is 13.7. The minimum atomic E-state index is -0.276. The number of hydrogen-bond acceptors (Lipinski definition) is 2. The lowest BCUT2D eigenvalue weighted by Crippen LogP contribution is -1.98. The molecule has 0 saturated heterocycles. The van der Waals surface area contributed by atoms with Gasteiger partial charge in [0.25, 0.3) is 0 Å². The van der Waals surface area contributed by atoms with Crippen molar-refractivity contribution in [3.8, 4) is 11.4 Å². The molecule has 0 N–H and O–H groups in total. The fourth-order valence-corrected chi connectivity index (χ4v) is 2.01. The van der Waals surface area contributed by atoms with Gasteiger partial charge in [0, 0.05) is 7.05 Å². The highest BCUT2D eigenvalue weighted by atomic mass is 79.9. The van der Waals surface area contributed by atoms with Crippen molar-refractivity contribution in [2.24, 2.45) is 7.05 Å². The van der Waals surface area contributed by atoms with E-state index < -0.39 is 0 Å². The lowest BCUT2D eigenvalue weighted by Gasteiger charge is -2.04. The number of benzene rings is 1. The van der Waals surface area contributed by atoms with E-state index in [9.17, 15) is 4.39 Å². The van der Waals surface area contributed by atoms with Crippen LogP contribution in [0.5, 0.6) is 0 Å². The lowest BCUT2D eigenvalue weighted by molar-refractivity contribution is 0.628. The first-order valence-corrected chi connectivity index (χ1v) is 5.96. The summed E-state index contributed by atoms with van der Waals surface area (Å²) in [4.78, 5) is 0. The Morgan fingerprint density at radius 3 is 2.75 bits per heavy atom. The summed E-state index contributed by atoms with van der Waals surface area (Å²) < 4.78 is 15.4. The molecule has 0 bridgehead atoms. The van der Waals surface area contributed by atoms with E-state index in [1.807, 2.05) is 14.0 Å². The molecule has 0 aliphatic carbocycles. The van der Waals surface area contributed by atoms with Crippen molar-refractivity contribution in [2.45, 2.75) is 12.3 Å². The zero-order valence-corrected chi connectivity index (χ0v) is 10.6. The first-order valence-electron chi connectivity index (χ1n) is 4.84. The van der Waals surface area contributed by atoms with Crippen molar-refractivity contribution in [1.29, 1.82) is 0 Å². The normalized spacial score (nSPS) is 10.8. The number of alkyl halides is 1. The highest BCUT2D eigenvalue weighted by molar-refractivity contribution is 9.08. The van der Waals surface area contributed by atoms with Crippen LogP contribution in [0.15, 0.2) is 18.2 Å². The van der Waals surface area contributed by atoms with Crippen LogP contribution >= 0.6 is 15.9 Å². The second-order valence-corrected chi connectivity index (χ2v) is 4.18. The summed E-state index contributed by atoms with van der Waals surface area (Å²) in [6.45, 7) is 1.92. The van der Waals surface area contributed by atoms with E-state index in [1.165, 1.54) is 6.07 Å². The summed E-state index contributed by atoms with van der Waals surface area (Å²) in [7, 11) is 1.83. The molecule has 0 spiro atoms. The van der Waals surface area contributed by atoms with Crippen molar-refractivity contribution in [3.63, 3.8) is 0 Å². The summed E-state index contributed by atoms with van der Waals surface area (Å²) in [6, 6.07) is 4.96. The first kappa shape index (κ1) is 11.3. The second kappa shape index (κ2) is 4.33. The molecule has 1 heterocycles. The van der Waals surface area contributed by atoms with E-state index >= 15 is 0 Å². The van der Waals surface area contributed by atoms with Gasteiger partial charge in [0.05, 0.1) is 10.9 Å². The average molecular weight is 284 g/mol. The molecular formula is C11H11BrFN3. The van der Waals surface area contributed by atoms with Crippen LogP contribution in [0.4, 0.5) is 4.39 Å². The average Bonchev–Trinajstić information content (AvgIpc) is 2.63. The number of aromatic nitrogens is 3. The van der Waals surface area contributed by atoms with E-state index in [4.69, 9.17) is 0 Å². The van der Waals surface area contributed by atoms with Crippen molar-refractivity contribution in [3.05, 3.63) is 35.4 Å². The molecule has 84 valence electrons. The van der Waals surface area contributed by atoms with E-state index in [0.29, 0.717) is 16.7 Å². The van der Waals surface area contributed by atoms with Gasteiger partial charge in [-0.05, 0) is 19.1 Å². The molecule has 16 heavy (non-hydrogen) atoms. The van der Waals surface area contributed by atoms with Crippen LogP contribution in [0, 0.1) is 12.7 Å². The Hall–Kier alpha value is -1.23. The number of hydrogen-bond donors (Lipinski definition) is 0. The van der Waals surface area contributed by atoms with Gasteiger partial charge in [0.2, 0.25) is 0 Å². The zero-order valence-electron chi connectivity index (χ0n) is 9.04. The molecule has 0 amide bonds. The Balaban J connectivity index is 2.58. The fraction of sp³-hybridized carbons (Fsp3) is 0.273. The van der Waals surface area contributed by atoms with Gasteiger partial charge in [-0.2, -0.15) is 0 Å². The molecule has 0 radical (unpaired) electrons. The number of nitrogens with zero attached hydrogens (tertiary/aromatic N) is 3. The molecule has 2 aromatic rings. The Morgan fingerprint density at radius 2 is 2.12 bits per heavy atom. The van der Waals surface area contributed by atoms with Gasteiger partial charge in [-0.15, -0.1) is 10.2 Å². The van der Waals surface area contributed by atoms with Gasteiger partial charge in [-0.25, -0.2) is 4.39 Å². The Bertz CT molecular complexity index is 522. The van der Waals surface area contributed by atoms with Crippen LogP contribution in [0.25, 0.3) is 11.4 Å². The monoisotopic (exact) mass is 283 g/mol. The van der Waals surface area contributed by atoms with E-state index in [0.717, 1.165) is 11.4 Å². The molecule has 1 aromatic heterocycles. The molecule has 0 aliphatic rings. The third kappa shape index (κ3) is 1.87. The predicted molar refractivity (Wildman–Crippen MR) is 63.8 cm³/mol. The van der Waals surface area contributed by atoms with Gasteiger partial charge >= 0.3 is 0 Å². The first-order chi connectivity index (χ1) is 7.63. The quantitative estimate of drug-likeness (QED) is 0.794. The lowest BCUT2D eigenvalue weighted by atomic mass is 10.1. The maximum Gasteiger partial charge on any atom is 0.166 e. The predicted octanol–water partition coefficient (Wildman–Crippen LogP) is 2.82. The summed E-state index contributed by atoms with van der Waals surface area (Å²) in [5.74, 6) is 1.05. The Labute approximate surface area is 101 Å². The van der Waals surface area contributed by atoms with Gasteiger partial charge in [0.1, 0.15) is 11.6 Å². The molecule has 2 rings (SSSR count). The van der Waals surface area contributed by atoms with Gasteiger partial charge in [-0.3, -0.25) is 0 Å². The van der Waals surface area contributed by atoms with Crippen molar-refractivity contribution in [1.82, 2.24) is 14.8 Å². The SMILES string of the molecule is Cc1ccc(F)c(-c2nnc(CBr)n2C)c1. The molecule has 0 saturated carbocycles. The Kier molecular flexibility index (Phi) is 3.05. The van der Waals surface area contributed by atoms with E-state index in [-0.39, 0.29) is 5.82 Å². The van der Waals surface area contributed by atoms with Crippen LogP contribution in [0.2, 0.25) is 0 Å². The Morgan fingerprint density at radius 1 is 1.38 bits per heavy atom. The molecule has 3 nitrogen and oxygen atoms in total. The van der Waals surface area contributed by atoms with Gasteiger partial charge in [0.15, 0.2) is 5.82 Å². The van der Waals surface area contributed by atoms with Crippen LogP contribution in [-0.2, 0) is 12.4 Å². The van der Waals surface area contributed by atoms with Gasteiger partial charge in [-0.1, -0.05) is 27.6 Å². The van der Waals surface area contributed by atoms with Crippen molar-refractivity contribution < 1.29 is 4.39 Å². The topological polar surface area (TPSA) is 30.7 Å². The van der Waals surface area contributed by atoms with Crippen molar-refractivity contribution >= 4 is 15.9 Å². The molecule has 0 aliphatic heterocycles.